The fourth-order valence-electron chi connectivity index (χ4n) is 1.32. The molecule has 0 aromatic heterocycles. The van der Waals surface area contributed by atoms with E-state index in [2.05, 4.69) is 26.0 Å². The van der Waals surface area contributed by atoms with Gasteiger partial charge >= 0.3 is 12.1 Å². The topological polar surface area (TPSA) is 58.6 Å². The number of methoxy groups -OCH3 is 1. The summed E-state index contributed by atoms with van der Waals surface area (Å²) in [4.78, 5) is 11.2. The van der Waals surface area contributed by atoms with E-state index in [1.54, 1.807) is 0 Å². The number of aliphatic hydroxyl groups is 1. The lowest BCUT2D eigenvalue weighted by atomic mass is 10.2. The lowest BCUT2D eigenvalue weighted by molar-refractivity contribution is -0.142. The number of anilines is 1. The molecule has 2 N–H and O–H groups in total. The number of carbonyl (C=O) groups excluding carboxylic acids is 1. The maximum absolute atomic E-state index is 12.5. The van der Waals surface area contributed by atoms with Crippen molar-refractivity contribution in [2.24, 2.45) is 0 Å². The van der Waals surface area contributed by atoms with Gasteiger partial charge in [0.25, 0.3) is 0 Å². The smallest absolute Gasteiger partial charge is 0.416 e. The van der Waals surface area contributed by atoms with Crippen LogP contribution in [-0.4, -0.2) is 30.8 Å². The van der Waals surface area contributed by atoms with E-state index in [-0.39, 0.29) is 10.2 Å². The predicted octanol–water partition coefficient (Wildman–Crippen LogP) is 2.41. The van der Waals surface area contributed by atoms with E-state index >= 15 is 0 Å². The Hall–Kier alpha value is -1.28. The molecular formula is C11H11BrF3NO3. The molecule has 0 saturated heterocycles. The number of hydrogen-bond donors (Lipinski definition) is 2. The second-order valence-corrected chi connectivity index (χ2v) is 4.45. The van der Waals surface area contributed by atoms with Gasteiger partial charge in [0, 0.05) is 10.2 Å². The van der Waals surface area contributed by atoms with Crippen LogP contribution >= 0.6 is 15.9 Å². The molecule has 1 atom stereocenters. The molecule has 19 heavy (non-hydrogen) atoms. The molecule has 1 unspecified atom stereocenters. The van der Waals surface area contributed by atoms with E-state index in [4.69, 9.17) is 5.11 Å². The normalized spacial score (nSPS) is 12.9. The van der Waals surface area contributed by atoms with Crippen LogP contribution in [0.1, 0.15) is 5.56 Å². The van der Waals surface area contributed by atoms with Crippen molar-refractivity contribution in [3.05, 3.63) is 28.2 Å². The van der Waals surface area contributed by atoms with Gasteiger partial charge in [-0.3, -0.25) is 0 Å². The zero-order valence-corrected chi connectivity index (χ0v) is 11.4. The summed E-state index contributed by atoms with van der Waals surface area (Å²) in [6.45, 7) is -0.542. The molecule has 1 rings (SSSR count). The van der Waals surface area contributed by atoms with Crippen LogP contribution in [0.25, 0.3) is 0 Å². The second kappa shape index (κ2) is 6.25. The summed E-state index contributed by atoms with van der Waals surface area (Å²) in [5, 5.41) is 11.6. The lowest BCUT2D eigenvalue weighted by Gasteiger charge is -2.17. The number of alkyl halides is 3. The van der Waals surface area contributed by atoms with Crippen molar-refractivity contribution in [3.8, 4) is 0 Å². The highest BCUT2D eigenvalue weighted by Gasteiger charge is 2.31. The molecule has 0 amide bonds. The van der Waals surface area contributed by atoms with Crippen LogP contribution < -0.4 is 5.32 Å². The zero-order valence-electron chi connectivity index (χ0n) is 9.79. The summed E-state index contributed by atoms with van der Waals surface area (Å²) >= 11 is 2.97. The Morgan fingerprint density at radius 2 is 2.16 bits per heavy atom. The number of rotatable bonds is 4. The van der Waals surface area contributed by atoms with Crippen LogP contribution in [0.5, 0.6) is 0 Å². The third-order valence-corrected chi connectivity index (χ3v) is 2.95. The van der Waals surface area contributed by atoms with Crippen molar-refractivity contribution < 1.29 is 27.8 Å². The van der Waals surface area contributed by atoms with Crippen molar-refractivity contribution in [3.63, 3.8) is 0 Å². The summed E-state index contributed by atoms with van der Waals surface area (Å²) in [5.41, 5.74) is -0.569. The number of aliphatic hydroxyl groups excluding tert-OH is 1. The largest absolute Gasteiger partial charge is 0.467 e. The van der Waals surface area contributed by atoms with Crippen molar-refractivity contribution in [2.75, 3.05) is 19.0 Å². The molecule has 0 spiro atoms. The molecule has 4 nitrogen and oxygen atoms in total. The molecule has 0 aliphatic heterocycles. The molecule has 1 aromatic rings. The lowest BCUT2D eigenvalue weighted by Crippen LogP contribution is -2.34. The standard InChI is InChI=1S/C11H11BrF3NO3/c1-19-10(18)9(5-17)16-8-3-2-6(4-7(8)12)11(13,14)15/h2-4,9,16-17H,5H2,1H3. The maximum atomic E-state index is 12.5. The molecular weight excluding hydrogens is 331 g/mol. The number of benzene rings is 1. The Bertz CT molecular complexity index is 465. The van der Waals surface area contributed by atoms with Gasteiger partial charge in [-0.05, 0) is 34.1 Å². The number of halogens is 4. The second-order valence-electron chi connectivity index (χ2n) is 3.60. The summed E-state index contributed by atoms with van der Waals surface area (Å²) in [5.74, 6) is -0.714. The molecule has 8 heteroatoms. The zero-order chi connectivity index (χ0) is 14.6. The summed E-state index contributed by atoms with van der Waals surface area (Å²) in [7, 11) is 1.15. The van der Waals surface area contributed by atoms with Gasteiger partial charge in [-0.15, -0.1) is 0 Å². The molecule has 0 bridgehead atoms. The highest BCUT2D eigenvalue weighted by molar-refractivity contribution is 9.10. The first-order valence-electron chi connectivity index (χ1n) is 5.11. The Kier molecular flexibility index (Phi) is 5.19. The van der Waals surface area contributed by atoms with Crippen LogP contribution in [0, 0.1) is 0 Å². The van der Waals surface area contributed by atoms with Gasteiger partial charge in [0.05, 0.1) is 19.3 Å². The van der Waals surface area contributed by atoms with Gasteiger partial charge in [-0.25, -0.2) is 4.79 Å². The van der Waals surface area contributed by atoms with Crippen molar-refractivity contribution >= 4 is 27.6 Å². The SMILES string of the molecule is COC(=O)C(CO)Nc1ccc(C(F)(F)F)cc1Br. The first-order chi connectivity index (χ1) is 8.79. The average molecular weight is 342 g/mol. The van der Waals surface area contributed by atoms with Crippen LogP contribution in [0.15, 0.2) is 22.7 Å². The predicted molar refractivity (Wildman–Crippen MR) is 65.7 cm³/mol. The average Bonchev–Trinajstić information content (AvgIpc) is 2.35. The molecule has 0 saturated carbocycles. The van der Waals surface area contributed by atoms with Crippen LogP contribution in [0.3, 0.4) is 0 Å². The number of carbonyl (C=O) groups is 1. The molecule has 0 aliphatic carbocycles. The molecule has 1 aromatic carbocycles. The maximum Gasteiger partial charge on any atom is 0.416 e. The molecule has 106 valence electrons. The van der Waals surface area contributed by atoms with Gasteiger partial charge in [-0.2, -0.15) is 13.2 Å². The van der Waals surface area contributed by atoms with E-state index in [1.807, 2.05) is 0 Å². The Morgan fingerprint density at radius 1 is 1.53 bits per heavy atom. The van der Waals surface area contributed by atoms with Crippen LogP contribution in [0.4, 0.5) is 18.9 Å². The number of ether oxygens (including phenoxy) is 1. The minimum Gasteiger partial charge on any atom is -0.467 e. The highest BCUT2D eigenvalue weighted by Crippen LogP contribution is 2.34. The van der Waals surface area contributed by atoms with Gasteiger partial charge in [0.15, 0.2) is 0 Å². The molecule has 0 radical (unpaired) electrons. The van der Waals surface area contributed by atoms with Crippen LogP contribution in [0.2, 0.25) is 0 Å². The minimum atomic E-state index is -4.44. The molecule has 0 aliphatic rings. The summed E-state index contributed by atoms with van der Waals surface area (Å²) in [6.07, 6.45) is -4.44. The number of esters is 1. The van der Waals surface area contributed by atoms with Gasteiger partial charge in [0.2, 0.25) is 0 Å². The number of nitrogens with one attached hydrogen (secondary N) is 1. The summed E-state index contributed by atoms with van der Waals surface area (Å²) in [6, 6.07) is 1.88. The monoisotopic (exact) mass is 341 g/mol. The third-order valence-electron chi connectivity index (χ3n) is 2.29. The van der Waals surface area contributed by atoms with E-state index in [1.165, 1.54) is 6.07 Å². The highest BCUT2D eigenvalue weighted by atomic mass is 79.9. The first kappa shape index (κ1) is 15.8. The van der Waals surface area contributed by atoms with Gasteiger partial charge in [0.1, 0.15) is 6.04 Å². The van der Waals surface area contributed by atoms with Crippen molar-refractivity contribution in [1.82, 2.24) is 0 Å². The van der Waals surface area contributed by atoms with E-state index in [9.17, 15) is 18.0 Å². The quantitative estimate of drug-likeness (QED) is 0.826. The molecule has 0 fully saturated rings. The fourth-order valence-corrected chi connectivity index (χ4v) is 1.81. The first-order valence-corrected chi connectivity index (χ1v) is 5.91. The number of hydrogen-bond acceptors (Lipinski definition) is 4. The Labute approximate surface area is 115 Å². The van der Waals surface area contributed by atoms with Crippen LogP contribution in [-0.2, 0) is 15.7 Å². The molecule has 0 heterocycles. The van der Waals surface area contributed by atoms with Crippen molar-refractivity contribution in [2.45, 2.75) is 12.2 Å². The fraction of sp³-hybridized carbons (Fsp3) is 0.364. The van der Waals surface area contributed by atoms with Gasteiger partial charge in [-0.1, -0.05) is 0 Å². The van der Waals surface area contributed by atoms with E-state index in [0.29, 0.717) is 0 Å². The minimum absolute atomic E-state index is 0.129. The Balaban J connectivity index is 2.94. The van der Waals surface area contributed by atoms with E-state index in [0.717, 1.165) is 19.2 Å². The Morgan fingerprint density at radius 3 is 2.58 bits per heavy atom. The summed E-state index contributed by atoms with van der Waals surface area (Å²) < 4.78 is 41.9. The van der Waals surface area contributed by atoms with Gasteiger partial charge < -0.3 is 15.2 Å². The third kappa shape index (κ3) is 4.10. The van der Waals surface area contributed by atoms with Crippen molar-refractivity contribution in [1.29, 1.82) is 0 Å². The van der Waals surface area contributed by atoms with E-state index < -0.39 is 30.4 Å².